The molecule has 0 saturated carbocycles. The second kappa shape index (κ2) is 8.93. The van der Waals surface area contributed by atoms with E-state index in [0.717, 1.165) is 16.5 Å². The highest BCUT2D eigenvalue weighted by molar-refractivity contribution is 5.92. The van der Waals surface area contributed by atoms with Crippen molar-refractivity contribution in [3.05, 3.63) is 88.2 Å². The molecule has 2 aromatic carbocycles. The van der Waals surface area contributed by atoms with Crippen LogP contribution in [0.25, 0.3) is 22.3 Å². The van der Waals surface area contributed by atoms with Crippen LogP contribution in [0.4, 0.5) is 0 Å². The van der Waals surface area contributed by atoms with Crippen LogP contribution in [0, 0.1) is 0 Å². The molecule has 0 atom stereocenters. The third-order valence-electron chi connectivity index (χ3n) is 5.12. The van der Waals surface area contributed by atoms with Gasteiger partial charge >= 0.3 is 5.97 Å². The van der Waals surface area contributed by atoms with Crippen molar-refractivity contribution >= 4 is 16.9 Å². The summed E-state index contributed by atoms with van der Waals surface area (Å²) in [5.41, 5.74) is 1.41. The lowest BCUT2D eigenvalue weighted by Gasteiger charge is -2.16. The number of aromatic hydroxyl groups is 1. The number of benzene rings is 2. The van der Waals surface area contributed by atoms with Crippen molar-refractivity contribution in [2.24, 2.45) is 0 Å². The third-order valence-corrected chi connectivity index (χ3v) is 5.12. The van der Waals surface area contributed by atoms with E-state index in [1.165, 1.54) is 10.6 Å². The van der Waals surface area contributed by atoms with Gasteiger partial charge in [0.25, 0.3) is 5.56 Å². The van der Waals surface area contributed by atoms with Crippen molar-refractivity contribution in [3.63, 3.8) is 0 Å². The summed E-state index contributed by atoms with van der Waals surface area (Å²) in [5, 5.41) is 11.5. The number of aromatic nitrogens is 2. The average Bonchev–Trinajstić information content (AvgIpc) is 2.81. The van der Waals surface area contributed by atoms with Gasteiger partial charge in [-0.1, -0.05) is 36.4 Å². The molecule has 4 rings (SSSR count). The number of carbonyl (C=O) groups excluding carboxylic acids is 1. The summed E-state index contributed by atoms with van der Waals surface area (Å²) in [4.78, 5) is 30.4. The zero-order valence-electron chi connectivity index (χ0n) is 17.7. The Kier molecular flexibility index (Phi) is 5.89. The Morgan fingerprint density at radius 1 is 1.06 bits per heavy atom. The van der Waals surface area contributed by atoms with Crippen molar-refractivity contribution in [2.45, 2.75) is 13.5 Å². The number of carbonyl (C=O) groups is 1. The Morgan fingerprint density at radius 2 is 1.81 bits per heavy atom. The quantitative estimate of drug-likeness (QED) is 0.465. The van der Waals surface area contributed by atoms with Gasteiger partial charge in [-0.2, -0.15) is 0 Å². The summed E-state index contributed by atoms with van der Waals surface area (Å²) in [6.45, 7) is 1.89. The number of hydrogen-bond donors (Lipinski definition) is 1. The van der Waals surface area contributed by atoms with E-state index < -0.39 is 22.8 Å². The van der Waals surface area contributed by atoms with Crippen LogP contribution in [-0.2, 0) is 11.3 Å². The molecule has 0 spiro atoms. The highest BCUT2D eigenvalue weighted by atomic mass is 16.5. The minimum absolute atomic E-state index is 0.0875. The molecule has 0 amide bonds. The summed E-state index contributed by atoms with van der Waals surface area (Å²) in [6, 6.07) is 19.9. The number of ether oxygens (including phenoxy) is 2. The first-order chi connectivity index (χ1) is 15.5. The molecule has 32 heavy (non-hydrogen) atoms. The first-order valence-electron chi connectivity index (χ1n) is 10.1. The molecule has 0 aliphatic rings. The molecule has 0 aliphatic carbocycles. The Hall–Kier alpha value is -4.13. The number of pyridine rings is 2. The number of nitrogens with zero attached hydrogens (tertiary/aromatic N) is 2. The predicted octanol–water partition coefficient (Wildman–Crippen LogP) is 4.00. The van der Waals surface area contributed by atoms with Crippen molar-refractivity contribution < 1.29 is 19.4 Å². The normalized spacial score (nSPS) is 10.8. The van der Waals surface area contributed by atoms with Gasteiger partial charge in [-0.25, -0.2) is 9.78 Å². The second-order valence-electron chi connectivity index (χ2n) is 7.14. The first kappa shape index (κ1) is 21.1. The summed E-state index contributed by atoms with van der Waals surface area (Å²) in [7, 11) is 1.58. The number of fused-ring (bicyclic) bond motifs is 1. The highest BCUT2D eigenvalue weighted by Gasteiger charge is 2.23. The van der Waals surface area contributed by atoms with Crippen LogP contribution in [0.5, 0.6) is 11.5 Å². The highest BCUT2D eigenvalue weighted by Crippen LogP contribution is 2.26. The van der Waals surface area contributed by atoms with E-state index >= 15 is 0 Å². The Labute approximate surface area is 184 Å². The predicted molar refractivity (Wildman–Crippen MR) is 121 cm³/mol. The topological polar surface area (TPSA) is 90.7 Å². The minimum Gasteiger partial charge on any atom is -0.507 e. The zero-order valence-corrected chi connectivity index (χ0v) is 17.7. The Bertz CT molecular complexity index is 1340. The van der Waals surface area contributed by atoms with Crippen molar-refractivity contribution in [1.82, 2.24) is 9.55 Å². The lowest BCUT2D eigenvalue weighted by atomic mass is 10.1. The molecule has 162 valence electrons. The molecule has 0 saturated heterocycles. The maximum atomic E-state index is 13.3. The standard InChI is InChI=1S/C25H22N2O5/c1-3-32-25(30)23-22(28)14-21(20-13-10-17-6-4-5-7-19(17)26-20)27(24(23)29)15-16-8-11-18(31-2)12-9-16/h4-14,28H,3,15H2,1-2H3. The number of methoxy groups -OCH3 is 1. The second-order valence-corrected chi connectivity index (χ2v) is 7.14. The fourth-order valence-corrected chi connectivity index (χ4v) is 3.52. The monoisotopic (exact) mass is 430 g/mol. The molecule has 7 nitrogen and oxygen atoms in total. The molecule has 2 aromatic heterocycles. The molecule has 2 heterocycles. The molecular formula is C25H22N2O5. The van der Waals surface area contributed by atoms with E-state index in [2.05, 4.69) is 4.98 Å². The average molecular weight is 430 g/mol. The van der Waals surface area contributed by atoms with Gasteiger partial charge in [0, 0.05) is 11.5 Å². The van der Waals surface area contributed by atoms with Gasteiger partial charge in [-0.15, -0.1) is 0 Å². The van der Waals surface area contributed by atoms with E-state index in [4.69, 9.17) is 9.47 Å². The Balaban J connectivity index is 1.90. The molecule has 0 bridgehead atoms. The lowest BCUT2D eigenvalue weighted by molar-refractivity contribution is 0.0520. The summed E-state index contributed by atoms with van der Waals surface area (Å²) in [6.07, 6.45) is 0. The SMILES string of the molecule is CCOC(=O)c1c(O)cc(-c2ccc3ccccc3n2)n(Cc2ccc(OC)cc2)c1=O. The first-order valence-corrected chi connectivity index (χ1v) is 10.1. The molecule has 4 aromatic rings. The maximum absolute atomic E-state index is 13.3. The van der Waals surface area contributed by atoms with E-state index in [1.807, 2.05) is 42.5 Å². The van der Waals surface area contributed by atoms with Crippen LogP contribution in [0.15, 0.2) is 71.5 Å². The van der Waals surface area contributed by atoms with Gasteiger partial charge < -0.3 is 19.1 Å². The van der Waals surface area contributed by atoms with Gasteiger partial charge in [0.1, 0.15) is 11.5 Å². The number of hydrogen-bond acceptors (Lipinski definition) is 6. The molecule has 0 unspecified atom stereocenters. The van der Waals surface area contributed by atoms with E-state index in [9.17, 15) is 14.7 Å². The van der Waals surface area contributed by atoms with Crippen molar-refractivity contribution in [2.75, 3.05) is 13.7 Å². The molecule has 0 radical (unpaired) electrons. The van der Waals surface area contributed by atoms with E-state index in [1.54, 1.807) is 32.2 Å². The van der Waals surface area contributed by atoms with Gasteiger partial charge in [-0.3, -0.25) is 4.79 Å². The largest absolute Gasteiger partial charge is 0.507 e. The van der Waals surface area contributed by atoms with Gasteiger partial charge in [0.15, 0.2) is 5.56 Å². The molecule has 7 heteroatoms. The van der Waals surface area contributed by atoms with Crippen LogP contribution in [-0.4, -0.2) is 34.3 Å². The molecule has 0 fully saturated rings. The van der Waals surface area contributed by atoms with E-state index in [0.29, 0.717) is 17.1 Å². The maximum Gasteiger partial charge on any atom is 0.347 e. The summed E-state index contributed by atoms with van der Waals surface area (Å²) < 4.78 is 11.6. The zero-order chi connectivity index (χ0) is 22.7. The number of esters is 1. The van der Waals surface area contributed by atoms with Gasteiger partial charge in [0.2, 0.25) is 0 Å². The molecule has 1 N–H and O–H groups in total. The summed E-state index contributed by atoms with van der Waals surface area (Å²) in [5.74, 6) is -0.615. The lowest BCUT2D eigenvalue weighted by Crippen LogP contribution is -2.29. The molecule has 0 aliphatic heterocycles. The van der Waals surface area contributed by atoms with E-state index in [-0.39, 0.29) is 13.2 Å². The smallest absolute Gasteiger partial charge is 0.347 e. The molecular weight excluding hydrogens is 408 g/mol. The van der Waals surface area contributed by atoms with Gasteiger partial charge in [0.05, 0.1) is 37.2 Å². The van der Waals surface area contributed by atoms with Crippen LogP contribution in [0.3, 0.4) is 0 Å². The van der Waals surface area contributed by atoms with Crippen LogP contribution >= 0.6 is 0 Å². The van der Waals surface area contributed by atoms with Crippen LogP contribution in [0.2, 0.25) is 0 Å². The third kappa shape index (κ3) is 4.05. The van der Waals surface area contributed by atoms with Crippen LogP contribution < -0.4 is 10.3 Å². The summed E-state index contributed by atoms with van der Waals surface area (Å²) >= 11 is 0. The fourth-order valence-electron chi connectivity index (χ4n) is 3.52. The van der Waals surface area contributed by atoms with Gasteiger partial charge in [-0.05, 0) is 36.8 Å². The van der Waals surface area contributed by atoms with Crippen LogP contribution in [0.1, 0.15) is 22.8 Å². The number of para-hydroxylation sites is 1. The van der Waals surface area contributed by atoms with Crippen molar-refractivity contribution in [1.29, 1.82) is 0 Å². The minimum atomic E-state index is -0.864. The fraction of sp³-hybridized carbons (Fsp3) is 0.160. The Morgan fingerprint density at radius 3 is 2.53 bits per heavy atom. The van der Waals surface area contributed by atoms with Crippen molar-refractivity contribution in [3.8, 4) is 22.9 Å². The number of rotatable bonds is 6.